The van der Waals surface area contributed by atoms with Crippen molar-refractivity contribution in [1.29, 1.82) is 0 Å². The fourth-order valence-corrected chi connectivity index (χ4v) is 1.85. The van der Waals surface area contributed by atoms with E-state index in [0.717, 1.165) is 5.92 Å². The van der Waals surface area contributed by atoms with E-state index in [1.54, 1.807) is 11.8 Å². The standard InChI is InChI=1S/C7H13NS/c1-8-7(9-2)6-4-3-5-6/h6H,3-5H2,1-2H3. The Bertz CT molecular complexity index is 116. The summed E-state index contributed by atoms with van der Waals surface area (Å²) in [6.45, 7) is 0. The van der Waals surface area contributed by atoms with Gasteiger partial charge in [-0.2, -0.15) is 0 Å². The smallest absolute Gasteiger partial charge is 0.0700 e. The first-order chi connectivity index (χ1) is 4.38. The van der Waals surface area contributed by atoms with Crippen molar-refractivity contribution in [3.63, 3.8) is 0 Å². The zero-order valence-corrected chi connectivity index (χ0v) is 6.87. The zero-order valence-electron chi connectivity index (χ0n) is 6.05. The molecule has 2 heteroatoms. The molecular weight excluding hydrogens is 130 g/mol. The largest absolute Gasteiger partial charge is 0.286 e. The minimum Gasteiger partial charge on any atom is -0.286 e. The van der Waals surface area contributed by atoms with Gasteiger partial charge in [0.25, 0.3) is 0 Å². The van der Waals surface area contributed by atoms with E-state index in [-0.39, 0.29) is 0 Å². The van der Waals surface area contributed by atoms with Crippen molar-refractivity contribution in [1.82, 2.24) is 0 Å². The monoisotopic (exact) mass is 143 g/mol. The van der Waals surface area contributed by atoms with Gasteiger partial charge in [0.05, 0.1) is 5.04 Å². The second-order valence-corrected chi connectivity index (χ2v) is 3.22. The zero-order chi connectivity index (χ0) is 6.69. The van der Waals surface area contributed by atoms with Gasteiger partial charge in [-0.15, -0.1) is 11.8 Å². The van der Waals surface area contributed by atoms with Gasteiger partial charge in [-0.25, -0.2) is 0 Å². The van der Waals surface area contributed by atoms with Crippen LogP contribution in [0.15, 0.2) is 4.99 Å². The third-order valence-corrected chi connectivity index (χ3v) is 2.82. The van der Waals surface area contributed by atoms with Crippen LogP contribution < -0.4 is 0 Å². The van der Waals surface area contributed by atoms with Gasteiger partial charge < -0.3 is 0 Å². The Kier molecular flexibility index (Phi) is 2.58. The Morgan fingerprint density at radius 1 is 1.56 bits per heavy atom. The van der Waals surface area contributed by atoms with Crippen LogP contribution in [0.2, 0.25) is 0 Å². The molecule has 0 amide bonds. The molecule has 0 N–H and O–H groups in total. The van der Waals surface area contributed by atoms with Crippen molar-refractivity contribution in [2.75, 3.05) is 13.3 Å². The van der Waals surface area contributed by atoms with E-state index in [4.69, 9.17) is 0 Å². The number of hydrogen-bond donors (Lipinski definition) is 0. The van der Waals surface area contributed by atoms with E-state index < -0.39 is 0 Å². The number of rotatable bonds is 1. The molecule has 1 saturated carbocycles. The summed E-state index contributed by atoms with van der Waals surface area (Å²) in [6.07, 6.45) is 6.26. The molecule has 0 aliphatic heterocycles. The van der Waals surface area contributed by atoms with Gasteiger partial charge in [0.15, 0.2) is 0 Å². The first-order valence-corrected chi connectivity index (χ1v) is 4.61. The molecule has 0 aromatic heterocycles. The molecule has 0 bridgehead atoms. The van der Waals surface area contributed by atoms with Crippen LogP contribution >= 0.6 is 11.8 Å². The highest BCUT2D eigenvalue weighted by molar-refractivity contribution is 8.13. The molecule has 9 heavy (non-hydrogen) atoms. The highest BCUT2D eigenvalue weighted by atomic mass is 32.2. The van der Waals surface area contributed by atoms with Crippen LogP contribution in [0.25, 0.3) is 0 Å². The van der Waals surface area contributed by atoms with E-state index in [0.29, 0.717) is 0 Å². The SMILES string of the molecule is CN=C(SC)C1CCC1. The molecule has 1 rings (SSSR count). The molecule has 1 nitrogen and oxygen atoms in total. The van der Waals surface area contributed by atoms with Crippen molar-refractivity contribution >= 4 is 16.8 Å². The van der Waals surface area contributed by atoms with Crippen molar-refractivity contribution in [2.45, 2.75) is 19.3 Å². The Morgan fingerprint density at radius 2 is 2.22 bits per heavy atom. The van der Waals surface area contributed by atoms with Gasteiger partial charge in [0.1, 0.15) is 0 Å². The van der Waals surface area contributed by atoms with Crippen molar-refractivity contribution in [3.05, 3.63) is 0 Å². The first-order valence-electron chi connectivity index (χ1n) is 3.39. The average molecular weight is 143 g/mol. The molecule has 0 unspecified atom stereocenters. The molecule has 0 atom stereocenters. The average Bonchev–Trinajstić information content (AvgIpc) is 1.78. The van der Waals surface area contributed by atoms with Gasteiger partial charge in [-0.1, -0.05) is 6.42 Å². The highest BCUT2D eigenvalue weighted by Gasteiger charge is 2.21. The van der Waals surface area contributed by atoms with Gasteiger partial charge >= 0.3 is 0 Å². The predicted octanol–water partition coefficient (Wildman–Crippen LogP) is 2.18. The summed E-state index contributed by atoms with van der Waals surface area (Å²) < 4.78 is 0. The molecule has 0 heterocycles. The van der Waals surface area contributed by atoms with Gasteiger partial charge in [0.2, 0.25) is 0 Å². The number of thioether (sulfide) groups is 1. The van der Waals surface area contributed by atoms with Crippen LogP contribution in [0.4, 0.5) is 0 Å². The quantitative estimate of drug-likeness (QED) is 0.405. The normalized spacial score (nSPS) is 21.8. The Labute approximate surface area is 60.9 Å². The minimum atomic E-state index is 0.824. The summed E-state index contributed by atoms with van der Waals surface area (Å²) in [5, 5.41) is 1.35. The molecule has 1 aliphatic carbocycles. The molecule has 0 aromatic carbocycles. The van der Waals surface area contributed by atoms with Crippen LogP contribution in [0.1, 0.15) is 19.3 Å². The predicted molar refractivity (Wildman–Crippen MR) is 44.2 cm³/mol. The Morgan fingerprint density at radius 3 is 2.33 bits per heavy atom. The molecule has 0 aromatic rings. The maximum Gasteiger partial charge on any atom is 0.0700 e. The summed E-state index contributed by atoms with van der Waals surface area (Å²) in [4.78, 5) is 4.21. The van der Waals surface area contributed by atoms with Gasteiger partial charge in [-0.05, 0) is 19.1 Å². The van der Waals surface area contributed by atoms with Crippen LogP contribution in [0, 0.1) is 5.92 Å². The van der Waals surface area contributed by atoms with Gasteiger partial charge in [-0.3, -0.25) is 4.99 Å². The van der Waals surface area contributed by atoms with E-state index >= 15 is 0 Å². The molecule has 0 spiro atoms. The summed E-state index contributed by atoms with van der Waals surface area (Å²) in [5.74, 6) is 0.824. The number of hydrogen-bond acceptors (Lipinski definition) is 2. The molecule has 1 fully saturated rings. The Hall–Kier alpha value is 0.0200. The van der Waals surface area contributed by atoms with Crippen molar-refractivity contribution < 1.29 is 0 Å². The van der Waals surface area contributed by atoms with Crippen LogP contribution in [0.5, 0.6) is 0 Å². The lowest BCUT2D eigenvalue weighted by molar-refractivity contribution is 0.418. The third kappa shape index (κ3) is 1.48. The van der Waals surface area contributed by atoms with E-state index in [1.165, 1.54) is 24.3 Å². The van der Waals surface area contributed by atoms with Crippen LogP contribution in [-0.4, -0.2) is 18.3 Å². The fourth-order valence-electron chi connectivity index (χ4n) is 1.10. The lowest BCUT2D eigenvalue weighted by atomic mass is 9.86. The van der Waals surface area contributed by atoms with E-state index in [9.17, 15) is 0 Å². The molecule has 0 radical (unpaired) electrons. The minimum absolute atomic E-state index is 0.824. The lowest BCUT2D eigenvalue weighted by Gasteiger charge is -2.25. The van der Waals surface area contributed by atoms with Crippen molar-refractivity contribution in [3.8, 4) is 0 Å². The second kappa shape index (κ2) is 3.25. The summed E-state index contributed by atoms with van der Waals surface area (Å²) in [6, 6.07) is 0. The van der Waals surface area contributed by atoms with Crippen molar-refractivity contribution in [2.24, 2.45) is 10.9 Å². The topological polar surface area (TPSA) is 12.4 Å². The second-order valence-electron chi connectivity index (χ2n) is 2.39. The van der Waals surface area contributed by atoms with Crippen LogP contribution in [0.3, 0.4) is 0 Å². The highest BCUT2D eigenvalue weighted by Crippen LogP contribution is 2.30. The van der Waals surface area contributed by atoms with E-state index in [1.807, 2.05) is 7.05 Å². The molecular formula is C7H13NS. The number of nitrogens with zero attached hydrogens (tertiary/aromatic N) is 1. The maximum atomic E-state index is 4.21. The summed E-state index contributed by atoms with van der Waals surface area (Å²) in [5.41, 5.74) is 0. The molecule has 1 aliphatic rings. The van der Waals surface area contributed by atoms with Gasteiger partial charge in [0, 0.05) is 13.0 Å². The molecule has 52 valence electrons. The lowest BCUT2D eigenvalue weighted by Crippen LogP contribution is -2.18. The third-order valence-electron chi connectivity index (χ3n) is 1.88. The maximum absolute atomic E-state index is 4.21. The molecule has 0 saturated heterocycles. The van der Waals surface area contributed by atoms with E-state index in [2.05, 4.69) is 11.2 Å². The summed E-state index contributed by atoms with van der Waals surface area (Å²) >= 11 is 1.80. The Balaban J connectivity index is 2.37. The van der Waals surface area contributed by atoms with Crippen LogP contribution in [-0.2, 0) is 0 Å². The summed E-state index contributed by atoms with van der Waals surface area (Å²) in [7, 11) is 1.89. The fraction of sp³-hybridized carbons (Fsp3) is 0.857. The number of aliphatic imine (C=N–C) groups is 1. The first kappa shape index (κ1) is 7.13.